The summed E-state index contributed by atoms with van der Waals surface area (Å²) in [5.41, 5.74) is 0.218. The van der Waals surface area contributed by atoms with Crippen molar-refractivity contribution in [2.75, 3.05) is 45.2 Å². The number of methoxy groups -OCH3 is 1. The van der Waals surface area contributed by atoms with Crippen LogP contribution in [-0.2, 0) is 24.8 Å². The quantitative estimate of drug-likeness (QED) is 0.347. The summed E-state index contributed by atoms with van der Waals surface area (Å²) in [6, 6.07) is 16.3. The summed E-state index contributed by atoms with van der Waals surface area (Å²) in [6.07, 6.45) is -1.14. The van der Waals surface area contributed by atoms with Crippen molar-refractivity contribution in [3.05, 3.63) is 71.8 Å². The molecule has 214 valence electrons. The highest BCUT2D eigenvalue weighted by Gasteiger charge is 2.37. The minimum Gasteiger partial charge on any atom is -0.497 e. The number of anilines is 1. The largest absolute Gasteiger partial charge is 0.497 e. The van der Waals surface area contributed by atoms with Crippen LogP contribution in [0.1, 0.15) is 0 Å². The van der Waals surface area contributed by atoms with Gasteiger partial charge in [-0.25, -0.2) is 21.1 Å². The van der Waals surface area contributed by atoms with Gasteiger partial charge in [0.2, 0.25) is 10.0 Å². The number of ether oxygens (including phenoxy) is 3. The summed E-state index contributed by atoms with van der Waals surface area (Å²) < 4.78 is 70.3. The summed E-state index contributed by atoms with van der Waals surface area (Å²) in [4.78, 5) is 13.1. The fraction of sp³-hybridized carbons (Fsp3) is 0.269. The Bertz CT molecular complexity index is 1580. The summed E-state index contributed by atoms with van der Waals surface area (Å²) in [5, 5.41) is 3.00. The minimum absolute atomic E-state index is 0.0121. The average Bonchev–Trinajstić information content (AvgIpc) is 2.94. The van der Waals surface area contributed by atoms with Gasteiger partial charge in [-0.1, -0.05) is 11.6 Å². The van der Waals surface area contributed by atoms with Gasteiger partial charge in [-0.05, 0) is 66.7 Å². The molecule has 0 fully saturated rings. The lowest BCUT2D eigenvalue weighted by atomic mass is 10.2. The van der Waals surface area contributed by atoms with Crippen molar-refractivity contribution in [1.29, 1.82) is 0 Å². The lowest BCUT2D eigenvalue weighted by Gasteiger charge is -2.34. The fourth-order valence-corrected chi connectivity index (χ4v) is 6.37. The predicted octanol–water partition coefficient (Wildman–Crippen LogP) is 2.75. The number of benzene rings is 3. The maximum Gasteiger partial charge on any atom is 0.264 e. The van der Waals surface area contributed by atoms with Gasteiger partial charge in [-0.3, -0.25) is 9.10 Å². The van der Waals surface area contributed by atoms with Crippen LogP contribution in [0.2, 0.25) is 5.02 Å². The number of rotatable bonds is 10. The molecule has 1 heterocycles. The van der Waals surface area contributed by atoms with E-state index in [-0.39, 0.29) is 40.9 Å². The van der Waals surface area contributed by atoms with E-state index in [1.54, 1.807) is 6.07 Å². The Morgan fingerprint density at radius 1 is 1.00 bits per heavy atom. The van der Waals surface area contributed by atoms with Crippen molar-refractivity contribution in [2.45, 2.75) is 15.9 Å². The number of hydrogen-bond donors (Lipinski definition) is 1. The summed E-state index contributed by atoms with van der Waals surface area (Å²) in [7, 11) is -3.26. The molecule has 0 unspecified atom stereocenters. The number of carbonyl (C=O) groups excluding carboxylic acids is 1. The Hall–Kier alpha value is -3.52. The van der Waals surface area contributed by atoms with Gasteiger partial charge in [0.15, 0.2) is 6.10 Å². The second-order valence-electron chi connectivity index (χ2n) is 8.83. The predicted molar refractivity (Wildman–Crippen MR) is 149 cm³/mol. The van der Waals surface area contributed by atoms with Gasteiger partial charge >= 0.3 is 0 Å². The Morgan fingerprint density at radius 3 is 2.25 bits per heavy atom. The summed E-state index contributed by atoms with van der Waals surface area (Å²) in [6.45, 7) is -0.107. The van der Waals surface area contributed by atoms with Gasteiger partial charge in [-0.2, -0.15) is 0 Å². The third-order valence-electron chi connectivity index (χ3n) is 6.00. The van der Waals surface area contributed by atoms with E-state index >= 15 is 0 Å². The molecular weight excluding hydrogens is 582 g/mol. The van der Waals surface area contributed by atoms with Crippen molar-refractivity contribution in [1.82, 2.24) is 9.62 Å². The Labute approximate surface area is 238 Å². The Morgan fingerprint density at radius 2 is 1.62 bits per heavy atom. The number of amides is 1. The number of carbonyl (C=O) groups is 1. The minimum atomic E-state index is -4.08. The molecule has 0 aliphatic carbocycles. The number of hydrogen-bond acceptors (Lipinski definition) is 8. The highest BCUT2D eigenvalue weighted by atomic mass is 35.5. The number of sulfonamides is 2. The topological polar surface area (TPSA) is 132 Å². The molecule has 4 rings (SSSR count). The van der Waals surface area contributed by atoms with Crippen LogP contribution in [0.3, 0.4) is 0 Å². The zero-order valence-corrected chi connectivity index (χ0v) is 24.3. The Balaban J connectivity index is 1.42. The van der Waals surface area contributed by atoms with Gasteiger partial charge in [-0.15, -0.1) is 0 Å². The van der Waals surface area contributed by atoms with Gasteiger partial charge in [0.05, 0.1) is 35.7 Å². The maximum atomic E-state index is 13.6. The molecule has 1 aliphatic rings. The number of fused-ring (bicyclic) bond motifs is 1. The SMILES string of the molecule is COc1ccc(S(=O)(=O)N2C[C@H](C(=O)NCCOc3ccc(S(=O)(=O)N(C)C)cc3)Oc3ccc(Cl)cc32)cc1. The zero-order valence-electron chi connectivity index (χ0n) is 21.9. The fourth-order valence-electron chi connectivity index (χ4n) is 3.84. The lowest BCUT2D eigenvalue weighted by Crippen LogP contribution is -2.51. The molecule has 0 spiro atoms. The van der Waals surface area contributed by atoms with Crippen LogP contribution in [0.15, 0.2) is 76.5 Å². The molecule has 0 bridgehead atoms. The molecule has 11 nitrogen and oxygen atoms in total. The molecule has 1 atom stereocenters. The monoisotopic (exact) mass is 609 g/mol. The van der Waals surface area contributed by atoms with Crippen LogP contribution in [0.25, 0.3) is 0 Å². The standard InChI is InChI=1S/C26H28ClN3O8S2/c1-29(2)39(32,33)21-11-7-20(8-12-21)37-15-14-28-26(31)25-17-30(23-16-18(27)4-13-24(23)38-25)40(34,35)22-9-5-19(36-3)6-10-22/h4-13,16,25H,14-15,17H2,1-3H3,(H,28,31)/t25-/m1/s1. The third kappa shape index (κ3) is 6.28. The van der Waals surface area contributed by atoms with E-state index in [0.717, 1.165) is 8.61 Å². The molecule has 3 aromatic carbocycles. The highest BCUT2D eigenvalue weighted by molar-refractivity contribution is 7.92. The van der Waals surface area contributed by atoms with E-state index < -0.39 is 32.1 Å². The van der Waals surface area contributed by atoms with Gasteiger partial charge < -0.3 is 19.5 Å². The first-order valence-electron chi connectivity index (χ1n) is 12.0. The van der Waals surface area contributed by atoms with Crippen LogP contribution < -0.4 is 23.8 Å². The lowest BCUT2D eigenvalue weighted by molar-refractivity contribution is -0.127. The molecule has 14 heteroatoms. The van der Waals surface area contributed by atoms with E-state index in [9.17, 15) is 21.6 Å². The van der Waals surface area contributed by atoms with Crippen LogP contribution in [0.5, 0.6) is 17.2 Å². The van der Waals surface area contributed by atoms with E-state index in [0.29, 0.717) is 16.5 Å². The Kier molecular flexibility index (Phi) is 8.78. The zero-order chi connectivity index (χ0) is 29.1. The van der Waals surface area contributed by atoms with Crippen molar-refractivity contribution in [3.63, 3.8) is 0 Å². The molecule has 1 aliphatic heterocycles. The summed E-state index contributed by atoms with van der Waals surface area (Å²) in [5.74, 6) is 0.574. The normalized spacial score (nSPS) is 15.2. The van der Waals surface area contributed by atoms with E-state index in [1.165, 1.54) is 81.9 Å². The number of nitrogens with zero attached hydrogens (tertiary/aromatic N) is 2. The number of nitrogens with one attached hydrogen (secondary N) is 1. The first-order chi connectivity index (χ1) is 18.9. The first-order valence-corrected chi connectivity index (χ1v) is 15.3. The van der Waals surface area contributed by atoms with E-state index in [1.807, 2.05) is 0 Å². The summed E-state index contributed by atoms with van der Waals surface area (Å²) >= 11 is 6.14. The van der Waals surface area contributed by atoms with E-state index in [4.69, 9.17) is 25.8 Å². The molecular formula is C26H28ClN3O8S2. The van der Waals surface area contributed by atoms with Crippen LogP contribution in [0.4, 0.5) is 5.69 Å². The number of halogens is 1. The highest BCUT2D eigenvalue weighted by Crippen LogP contribution is 2.39. The molecule has 0 saturated carbocycles. The van der Waals surface area contributed by atoms with Crippen molar-refractivity contribution >= 4 is 43.2 Å². The van der Waals surface area contributed by atoms with Crippen molar-refractivity contribution in [2.24, 2.45) is 0 Å². The van der Waals surface area contributed by atoms with Gasteiger partial charge in [0, 0.05) is 19.1 Å². The molecule has 3 aromatic rings. The molecule has 40 heavy (non-hydrogen) atoms. The molecule has 0 radical (unpaired) electrons. The van der Waals surface area contributed by atoms with Crippen LogP contribution in [-0.4, -0.2) is 74.1 Å². The second kappa shape index (κ2) is 11.9. The molecule has 1 amide bonds. The van der Waals surface area contributed by atoms with Crippen LogP contribution >= 0.6 is 11.6 Å². The smallest absolute Gasteiger partial charge is 0.264 e. The van der Waals surface area contributed by atoms with E-state index in [2.05, 4.69) is 5.32 Å². The third-order valence-corrected chi connectivity index (χ3v) is 9.86. The molecule has 0 saturated heterocycles. The molecule has 1 N–H and O–H groups in total. The van der Waals surface area contributed by atoms with Crippen molar-refractivity contribution in [3.8, 4) is 17.2 Å². The van der Waals surface area contributed by atoms with Gasteiger partial charge in [0.25, 0.3) is 15.9 Å². The van der Waals surface area contributed by atoms with Crippen molar-refractivity contribution < 1.29 is 35.8 Å². The molecule has 0 aromatic heterocycles. The van der Waals surface area contributed by atoms with Crippen LogP contribution in [0, 0.1) is 0 Å². The average molecular weight is 610 g/mol. The second-order valence-corrected chi connectivity index (χ2v) is 13.3. The maximum absolute atomic E-state index is 13.6. The van der Waals surface area contributed by atoms with Gasteiger partial charge in [0.1, 0.15) is 23.9 Å². The first kappa shape index (κ1) is 29.5.